The minimum absolute atomic E-state index is 0.145. The molecule has 2 fully saturated rings. The molecule has 0 amide bonds. The normalized spacial score (nSPS) is 26.8. The number of rotatable bonds is 4. The quantitative estimate of drug-likeness (QED) is 0.884. The predicted octanol–water partition coefficient (Wildman–Crippen LogP) is 3.41. The summed E-state index contributed by atoms with van der Waals surface area (Å²) in [5.74, 6) is 0.145. The van der Waals surface area contributed by atoms with Crippen molar-refractivity contribution in [1.82, 2.24) is 10.2 Å². The maximum absolute atomic E-state index is 11.4. The zero-order chi connectivity index (χ0) is 16.3. The zero-order valence-corrected chi connectivity index (χ0v) is 14.9. The fourth-order valence-electron chi connectivity index (χ4n) is 4.26. The number of nitrogens with zero attached hydrogens (tertiary/aromatic N) is 1. The van der Waals surface area contributed by atoms with Crippen LogP contribution in [-0.4, -0.2) is 47.8 Å². The number of benzene rings is 1. The summed E-state index contributed by atoms with van der Waals surface area (Å²) in [7, 11) is 0. The first-order chi connectivity index (χ1) is 11.1. The Morgan fingerprint density at radius 2 is 2.13 bits per heavy atom. The average Bonchev–Trinajstić information content (AvgIpc) is 2.53. The first-order valence-corrected chi connectivity index (χ1v) is 9.38. The van der Waals surface area contributed by atoms with E-state index < -0.39 is 5.60 Å². The van der Waals surface area contributed by atoms with Gasteiger partial charge in [-0.05, 0) is 37.5 Å². The van der Waals surface area contributed by atoms with Crippen molar-refractivity contribution >= 4 is 11.6 Å². The highest BCUT2D eigenvalue weighted by Crippen LogP contribution is 2.41. The molecule has 0 spiro atoms. The van der Waals surface area contributed by atoms with Crippen molar-refractivity contribution in [2.75, 3.05) is 26.2 Å². The van der Waals surface area contributed by atoms with Crippen LogP contribution >= 0.6 is 11.6 Å². The van der Waals surface area contributed by atoms with Crippen molar-refractivity contribution in [1.29, 1.82) is 0 Å². The van der Waals surface area contributed by atoms with Gasteiger partial charge in [-0.25, -0.2) is 0 Å². The summed E-state index contributed by atoms with van der Waals surface area (Å²) >= 11 is 6.23. The summed E-state index contributed by atoms with van der Waals surface area (Å²) in [6.45, 7) is 6.28. The van der Waals surface area contributed by atoms with Crippen molar-refractivity contribution in [3.8, 4) is 0 Å². The van der Waals surface area contributed by atoms with Crippen molar-refractivity contribution in [2.24, 2.45) is 0 Å². The summed E-state index contributed by atoms with van der Waals surface area (Å²) in [5.41, 5.74) is 0.602. The Morgan fingerprint density at radius 1 is 1.35 bits per heavy atom. The van der Waals surface area contributed by atoms with Gasteiger partial charge in [0.2, 0.25) is 0 Å². The molecule has 2 aliphatic rings. The monoisotopic (exact) mass is 336 g/mol. The highest BCUT2D eigenvalue weighted by Gasteiger charge is 2.39. The lowest BCUT2D eigenvalue weighted by Gasteiger charge is -2.43. The highest BCUT2D eigenvalue weighted by atomic mass is 35.5. The van der Waals surface area contributed by atoms with Crippen molar-refractivity contribution in [3.05, 3.63) is 34.9 Å². The van der Waals surface area contributed by atoms with Crippen LogP contribution < -0.4 is 5.32 Å². The summed E-state index contributed by atoms with van der Waals surface area (Å²) in [6.07, 6.45) is 5.32. The Labute approximate surface area is 145 Å². The van der Waals surface area contributed by atoms with Gasteiger partial charge >= 0.3 is 0 Å². The molecule has 1 aromatic carbocycles. The van der Waals surface area contributed by atoms with Crippen LogP contribution in [0.1, 0.15) is 50.5 Å². The van der Waals surface area contributed by atoms with Gasteiger partial charge in [-0.2, -0.15) is 0 Å². The van der Waals surface area contributed by atoms with Gasteiger partial charge in [0, 0.05) is 43.2 Å². The molecule has 4 heteroatoms. The molecule has 1 unspecified atom stereocenters. The molecule has 23 heavy (non-hydrogen) atoms. The topological polar surface area (TPSA) is 35.5 Å². The number of hydrogen-bond donors (Lipinski definition) is 2. The molecule has 2 atom stereocenters. The molecule has 3 nitrogen and oxygen atoms in total. The maximum atomic E-state index is 11.4. The van der Waals surface area contributed by atoms with Crippen LogP contribution in [0.25, 0.3) is 0 Å². The Kier molecular flexibility index (Phi) is 5.63. The highest BCUT2D eigenvalue weighted by molar-refractivity contribution is 6.30. The molecule has 0 radical (unpaired) electrons. The van der Waals surface area contributed by atoms with Crippen LogP contribution in [0.4, 0.5) is 0 Å². The molecule has 1 aliphatic carbocycles. The number of piperazine rings is 1. The Balaban J connectivity index is 1.83. The summed E-state index contributed by atoms with van der Waals surface area (Å²) in [6, 6.07) is 8.63. The van der Waals surface area contributed by atoms with Gasteiger partial charge in [0.05, 0.1) is 5.60 Å². The Hall–Kier alpha value is -0.610. The second-order valence-corrected chi connectivity index (χ2v) is 7.82. The van der Waals surface area contributed by atoms with E-state index in [4.69, 9.17) is 11.6 Å². The Morgan fingerprint density at radius 3 is 2.83 bits per heavy atom. The van der Waals surface area contributed by atoms with Crippen molar-refractivity contribution < 1.29 is 5.11 Å². The van der Waals surface area contributed by atoms with Gasteiger partial charge in [0.1, 0.15) is 0 Å². The van der Waals surface area contributed by atoms with Crippen LogP contribution in [0.3, 0.4) is 0 Å². The maximum Gasteiger partial charge on any atom is 0.0728 e. The van der Waals surface area contributed by atoms with Gasteiger partial charge in [-0.1, -0.05) is 43.0 Å². The SMILES string of the molecule is C[C@@H]1CN(CC(c2cccc(Cl)c2)C2(O)CCCCC2)CCN1. The summed E-state index contributed by atoms with van der Waals surface area (Å²) in [5, 5.41) is 15.6. The molecule has 1 heterocycles. The van der Waals surface area contributed by atoms with Crippen LogP contribution in [0.15, 0.2) is 24.3 Å². The smallest absolute Gasteiger partial charge is 0.0728 e. The fraction of sp³-hybridized carbons (Fsp3) is 0.684. The van der Waals surface area contributed by atoms with Crippen LogP contribution in [0, 0.1) is 0 Å². The lowest BCUT2D eigenvalue weighted by molar-refractivity contribution is -0.0325. The third kappa shape index (κ3) is 4.27. The van der Waals surface area contributed by atoms with E-state index >= 15 is 0 Å². The molecular weight excluding hydrogens is 308 g/mol. The first-order valence-electron chi connectivity index (χ1n) is 9.00. The summed E-state index contributed by atoms with van der Waals surface area (Å²) < 4.78 is 0. The number of hydrogen-bond acceptors (Lipinski definition) is 3. The largest absolute Gasteiger partial charge is 0.389 e. The van der Waals surface area contributed by atoms with E-state index in [1.165, 1.54) is 12.0 Å². The van der Waals surface area contributed by atoms with E-state index in [0.717, 1.165) is 56.9 Å². The lowest BCUT2D eigenvalue weighted by Crippen LogP contribution is -2.52. The van der Waals surface area contributed by atoms with E-state index in [1.54, 1.807) is 0 Å². The number of nitrogens with one attached hydrogen (secondary N) is 1. The second kappa shape index (κ2) is 7.52. The van der Waals surface area contributed by atoms with Gasteiger partial charge in [-0.15, -0.1) is 0 Å². The molecule has 0 aromatic heterocycles. The van der Waals surface area contributed by atoms with Gasteiger partial charge in [0.25, 0.3) is 0 Å². The third-order valence-electron chi connectivity index (χ3n) is 5.51. The van der Waals surface area contributed by atoms with E-state index in [0.29, 0.717) is 6.04 Å². The minimum Gasteiger partial charge on any atom is -0.389 e. The van der Waals surface area contributed by atoms with Crippen molar-refractivity contribution in [2.45, 2.75) is 56.6 Å². The molecule has 128 valence electrons. The molecular formula is C19H29ClN2O. The molecule has 0 bridgehead atoms. The van der Waals surface area contributed by atoms with E-state index in [1.807, 2.05) is 18.2 Å². The number of aliphatic hydroxyl groups is 1. The fourth-order valence-corrected chi connectivity index (χ4v) is 4.46. The Bertz CT molecular complexity index is 516. The number of halogens is 1. The zero-order valence-electron chi connectivity index (χ0n) is 14.1. The molecule has 1 saturated heterocycles. The molecule has 2 N–H and O–H groups in total. The molecule has 3 rings (SSSR count). The van der Waals surface area contributed by atoms with Crippen molar-refractivity contribution in [3.63, 3.8) is 0 Å². The molecule has 1 aliphatic heterocycles. The van der Waals surface area contributed by atoms with Gasteiger partial charge in [-0.3, -0.25) is 4.90 Å². The molecule has 1 aromatic rings. The van der Waals surface area contributed by atoms with E-state index in [9.17, 15) is 5.11 Å². The second-order valence-electron chi connectivity index (χ2n) is 7.39. The van der Waals surface area contributed by atoms with Crippen LogP contribution in [-0.2, 0) is 0 Å². The lowest BCUT2D eigenvalue weighted by atomic mass is 9.72. The van der Waals surface area contributed by atoms with Gasteiger partial charge in [0.15, 0.2) is 0 Å². The average molecular weight is 337 g/mol. The van der Waals surface area contributed by atoms with E-state index in [-0.39, 0.29) is 5.92 Å². The predicted molar refractivity (Wildman–Crippen MR) is 96.1 cm³/mol. The first kappa shape index (κ1) is 17.2. The van der Waals surface area contributed by atoms with E-state index in [2.05, 4.69) is 23.2 Å². The third-order valence-corrected chi connectivity index (χ3v) is 5.75. The van der Waals surface area contributed by atoms with Crippen LogP contribution in [0.2, 0.25) is 5.02 Å². The standard InChI is InChI=1S/C19H29ClN2O/c1-15-13-22(11-10-21-15)14-18(16-6-5-7-17(20)12-16)19(23)8-3-2-4-9-19/h5-7,12,15,18,21,23H,2-4,8-11,13-14H2,1H3/t15-,18?/m1/s1. The molecule has 1 saturated carbocycles. The van der Waals surface area contributed by atoms with Gasteiger partial charge < -0.3 is 10.4 Å². The van der Waals surface area contributed by atoms with Crippen LogP contribution in [0.5, 0.6) is 0 Å². The minimum atomic E-state index is -0.586. The summed E-state index contributed by atoms with van der Waals surface area (Å²) in [4.78, 5) is 2.50.